The summed E-state index contributed by atoms with van der Waals surface area (Å²) in [6.45, 7) is 4.38. The Hall–Kier alpha value is -0.820. The summed E-state index contributed by atoms with van der Waals surface area (Å²) in [5.74, 6) is 0.561. The molecule has 1 nitrogen and oxygen atoms in total. The number of benzene rings is 1. The van der Waals surface area contributed by atoms with Crippen LogP contribution in [0.2, 0.25) is 0 Å². The molecule has 1 saturated carbocycles. The average molecular weight is 232 g/mol. The van der Waals surface area contributed by atoms with Crippen LogP contribution < -0.4 is 0 Å². The summed E-state index contributed by atoms with van der Waals surface area (Å²) in [7, 11) is 0. The largest absolute Gasteiger partial charge is 0.392 e. The number of hydrogen-bond acceptors (Lipinski definition) is 1. The highest BCUT2D eigenvalue weighted by Crippen LogP contribution is 2.45. The van der Waals surface area contributed by atoms with Gasteiger partial charge < -0.3 is 5.11 Å². The van der Waals surface area contributed by atoms with E-state index in [0.717, 1.165) is 19.3 Å². The van der Waals surface area contributed by atoms with Gasteiger partial charge in [-0.05, 0) is 30.7 Å². The molecular weight excluding hydrogens is 208 g/mol. The molecule has 0 spiro atoms. The molecule has 0 heterocycles. The van der Waals surface area contributed by atoms with Crippen molar-refractivity contribution in [3.63, 3.8) is 0 Å². The van der Waals surface area contributed by atoms with Crippen LogP contribution >= 0.6 is 0 Å². The van der Waals surface area contributed by atoms with Crippen LogP contribution in [0, 0.1) is 5.92 Å². The zero-order valence-electron chi connectivity index (χ0n) is 11.0. The Morgan fingerprint density at radius 1 is 1.12 bits per heavy atom. The summed E-state index contributed by atoms with van der Waals surface area (Å²) in [6, 6.07) is 10.6. The molecule has 1 atom stereocenters. The summed E-state index contributed by atoms with van der Waals surface area (Å²) < 4.78 is 0. The maximum absolute atomic E-state index is 10.6. The third kappa shape index (κ3) is 2.55. The zero-order valence-corrected chi connectivity index (χ0v) is 11.0. The van der Waals surface area contributed by atoms with E-state index in [0.29, 0.717) is 5.92 Å². The van der Waals surface area contributed by atoms with E-state index in [1.165, 1.54) is 18.4 Å². The van der Waals surface area contributed by atoms with Crippen LogP contribution in [0.15, 0.2) is 30.3 Å². The van der Waals surface area contributed by atoms with E-state index in [1.807, 2.05) is 0 Å². The maximum Gasteiger partial charge on any atom is 0.0639 e. The fourth-order valence-electron chi connectivity index (χ4n) is 3.26. The van der Waals surface area contributed by atoms with Crippen molar-refractivity contribution in [2.45, 2.75) is 57.5 Å². The standard InChI is InChI=1S/C16H24O/c1-13(2)12-15(17)16(10-6-7-11-16)14-8-4-3-5-9-14/h3-5,8-9,13,15,17H,6-7,10-12H2,1-2H3. The molecular formula is C16H24O. The van der Waals surface area contributed by atoms with Gasteiger partial charge >= 0.3 is 0 Å². The first-order valence-corrected chi connectivity index (χ1v) is 6.89. The van der Waals surface area contributed by atoms with Crippen LogP contribution in [0.5, 0.6) is 0 Å². The van der Waals surface area contributed by atoms with Crippen molar-refractivity contribution in [3.8, 4) is 0 Å². The molecule has 0 amide bonds. The van der Waals surface area contributed by atoms with Crippen LogP contribution in [-0.2, 0) is 5.41 Å². The van der Waals surface area contributed by atoms with Crippen LogP contribution in [0.3, 0.4) is 0 Å². The Kier molecular flexibility index (Phi) is 3.88. The molecule has 94 valence electrons. The predicted molar refractivity (Wildman–Crippen MR) is 72.0 cm³/mol. The van der Waals surface area contributed by atoms with Crippen molar-refractivity contribution < 1.29 is 5.11 Å². The lowest BCUT2D eigenvalue weighted by Gasteiger charge is -2.36. The second kappa shape index (κ2) is 5.22. The molecule has 0 aromatic heterocycles. The SMILES string of the molecule is CC(C)CC(O)C1(c2ccccc2)CCCC1. The summed E-state index contributed by atoms with van der Waals surface area (Å²) in [5.41, 5.74) is 1.37. The van der Waals surface area contributed by atoms with E-state index in [4.69, 9.17) is 0 Å². The van der Waals surface area contributed by atoms with Crippen molar-refractivity contribution in [2.75, 3.05) is 0 Å². The molecule has 1 fully saturated rings. The summed E-state index contributed by atoms with van der Waals surface area (Å²) in [6.07, 6.45) is 5.52. The predicted octanol–water partition coefficient (Wildman–Crippen LogP) is 3.91. The fraction of sp³-hybridized carbons (Fsp3) is 0.625. The molecule has 2 rings (SSSR count). The second-order valence-corrected chi connectivity index (χ2v) is 5.87. The van der Waals surface area contributed by atoms with E-state index in [9.17, 15) is 5.11 Å². The third-order valence-corrected chi connectivity index (χ3v) is 4.18. The highest BCUT2D eigenvalue weighted by Gasteiger charge is 2.41. The highest BCUT2D eigenvalue weighted by atomic mass is 16.3. The van der Waals surface area contributed by atoms with Crippen molar-refractivity contribution in [3.05, 3.63) is 35.9 Å². The number of rotatable bonds is 4. The summed E-state index contributed by atoms with van der Waals surface area (Å²) in [5, 5.41) is 10.6. The molecule has 0 bridgehead atoms. The lowest BCUT2D eigenvalue weighted by molar-refractivity contribution is 0.0632. The third-order valence-electron chi connectivity index (χ3n) is 4.18. The van der Waals surface area contributed by atoms with Gasteiger partial charge in [-0.1, -0.05) is 57.0 Å². The Balaban J connectivity index is 2.27. The van der Waals surface area contributed by atoms with E-state index in [2.05, 4.69) is 44.2 Å². The number of aliphatic hydroxyl groups excluding tert-OH is 1. The summed E-state index contributed by atoms with van der Waals surface area (Å²) >= 11 is 0. The van der Waals surface area contributed by atoms with Gasteiger partial charge in [-0.3, -0.25) is 0 Å². The fourth-order valence-corrected chi connectivity index (χ4v) is 3.26. The van der Waals surface area contributed by atoms with Crippen LogP contribution in [0.4, 0.5) is 0 Å². The van der Waals surface area contributed by atoms with Gasteiger partial charge in [-0.25, -0.2) is 0 Å². The van der Waals surface area contributed by atoms with Crippen molar-refractivity contribution >= 4 is 0 Å². The molecule has 1 aliphatic carbocycles. The lowest BCUT2D eigenvalue weighted by atomic mass is 9.72. The van der Waals surface area contributed by atoms with Crippen molar-refractivity contribution in [2.24, 2.45) is 5.92 Å². The first-order valence-electron chi connectivity index (χ1n) is 6.89. The van der Waals surface area contributed by atoms with Gasteiger partial charge in [0.05, 0.1) is 6.10 Å². The number of hydrogen-bond donors (Lipinski definition) is 1. The van der Waals surface area contributed by atoms with Gasteiger partial charge in [0.25, 0.3) is 0 Å². The second-order valence-electron chi connectivity index (χ2n) is 5.87. The quantitative estimate of drug-likeness (QED) is 0.834. The molecule has 1 aromatic rings. The topological polar surface area (TPSA) is 20.2 Å². The van der Waals surface area contributed by atoms with Crippen LogP contribution in [0.25, 0.3) is 0 Å². The molecule has 1 unspecified atom stereocenters. The lowest BCUT2D eigenvalue weighted by Crippen LogP contribution is -2.37. The zero-order chi connectivity index (χ0) is 12.3. The Morgan fingerprint density at radius 2 is 1.71 bits per heavy atom. The molecule has 1 aromatic carbocycles. The Bertz CT molecular complexity index is 336. The molecule has 1 aliphatic rings. The van der Waals surface area contributed by atoms with Gasteiger partial charge in [0, 0.05) is 5.41 Å². The normalized spacial score (nSPS) is 20.7. The van der Waals surface area contributed by atoms with Crippen LogP contribution in [-0.4, -0.2) is 11.2 Å². The van der Waals surface area contributed by atoms with E-state index >= 15 is 0 Å². The Labute approximate surface area is 105 Å². The van der Waals surface area contributed by atoms with Gasteiger partial charge in [0.1, 0.15) is 0 Å². The minimum Gasteiger partial charge on any atom is -0.392 e. The molecule has 0 aliphatic heterocycles. The molecule has 17 heavy (non-hydrogen) atoms. The summed E-state index contributed by atoms with van der Waals surface area (Å²) in [4.78, 5) is 0. The van der Waals surface area contributed by atoms with Crippen molar-refractivity contribution in [1.82, 2.24) is 0 Å². The first-order chi connectivity index (χ1) is 8.15. The van der Waals surface area contributed by atoms with Gasteiger partial charge in [-0.2, -0.15) is 0 Å². The smallest absolute Gasteiger partial charge is 0.0639 e. The first kappa shape index (κ1) is 12.6. The molecule has 1 heteroatoms. The molecule has 1 N–H and O–H groups in total. The van der Waals surface area contributed by atoms with Gasteiger partial charge in [0.2, 0.25) is 0 Å². The number of aliphatic hydroxyl groups is 1. The minimum atomic E-state index is -0.188. The van der Waals surface area contributed by atoms with Gasteiger partial charge in [0.15, 0.2) is 0 Å². The molecule has 0 saturated heterocycles. The minimum absolute atomic E-state index is 0.0333. The highest BCUT2D eigenvalue weighted by molar-refractivity contribution is 5.28. The van der Waals surface area contributed by atoms with E-state index in [1.54, 1.807) is 0 Å². The average Bonchev–Trinajstić information content (AvgIpc) is 2.79. The monoisotopic (exact) mass is 232 g/mol. The maximum atomic E-state index is 10.6. The van der Waals surface area contributed by atoms with E-state index in [-0.39, 0.29) is 11.5 Å². The van der Waals surface area contributed by atoms with E-state index < -0.39 is 0 Å². The van der Waals surface area contributed by atoms with Crippen molar-refractivity contribution in [1.29, 1.82) is 0 Å². The van der Waals surface area contributed by atoms with Gasteiger partial charge in [-0.15, -0.1) is 0 Å². The Morgan fingerprint density at radius 3 is 2.24 bits per heavy atom. The van der Waals surface area contributed by atoms with Crippen LogP contribution in [0.1, 0.15) is 51.5 Å². The molecule has 0 radical (unpaired) electrons.